The first kappa shape index (κ1) is 36.1. The lowest BCUT2D eigenvalue weighted by molar-refractivity contribution is -0.133. The number of benzene rings is 2. The minimum Gasteiger partial charge on any atom is -0.390 e. The average Bonchev–Trinajstić information content (AvgIpc) is 3.06. The predicted octanol–water partition coefficient (Wildman–Crippen LogP) is 3.09. The molecule has 0 bridgehead atoms. The van der Waals surface area contributed by atoms with E-state index in [1.807, 2.05) is 69.3 Å². The molecule has 11 nitrogen and oxygen atoms in total. The zero-order chi connectivity index (χ0) is 35.1. The quantitative estimate of drug-likeness (QED) is 0.208. The van der Waals surface area contributed by atoms with Crippen molar-refractivity contribution < 1.29 is 24.3 Å². The normalized spacial score (nSPS) is 21.5. The van der Waals surface area contributed by atoms with E-state index in [2.05, 4.69) is 25.8 Å². The lowest BCUT2D eigenvalue weighted by Gasteiger charge is -2.47. The smallest absolute Gasteiger partial charge is 0.276 e. The SMILES string of the molecule is CC(C)(C)NC(=O)[C@@H]1C[C@@H]2CCCC[C@@H]2CN1C[C@@H](O)[C@H](Cc1ccccc1)NC(=O)[C@@H](N)CC(=O)NC(=O)c1ccc2ccccc2n1. The van der Waals surface area contributed by atoms with Gasteiger partial charge in [0.1, 0.15) is 5.69 Å². The number of piperidine rings is 1. The number of β-amino-alcohol motifs (C(OH)–C–C–N with tert-alkyl or cyclic N) is 1. The lowest BCUT2D eigenvalue weighted by Crippen LogP contribution is -2.61. The molecule has 1 saturated carbocycles. The van der Waals surface area contributed by atoms with Crippen molar-refractivity contribution in [3.8, 4) is 0 Å². The topological polar surface area (TPSA) is 167 Å². The maximum Gasteiger partial charge on any atom is 0.276 e. The van der Waals surface area contributed by atoms with Crippen molar-refractivity contribution in [1.29, 1.82) is 0 Å². The van der Waals surface area contributed by atoms with Crippen molar-refractivity contribution in [2.75, 3.05) is 13.1 Å². The Morgan fingerprint density at radius 2 is 1.65 bits per heavy atom. The number of nitrogens with one attached hydrogen (secondary N) is 3. The maximum atomic E-state index is 13.5. The number of aliphatic hydroxyl groups is 1. The average molecular weight is 671 g/mol. The molecule has 2 fully saturated rings. The summed E-state index contributed by atoms with van der Waals surface area (Å²) in [5, 5.41) is 20.9. The number of fused-ring (bicyclic) bond motifs is 2. The molecule has 1 aromatic heterocycles. The van der Waals surface area contributed by atoms with E-state index in [9.17, 15) is 24.3 Å². The Labute approximate surface area is 288 Å². The first-order valence-corrected chi connectivity index (χ1v) is 17.4. The molecule has 0 spiro atoms. The minimum absolute atomic E-state index is 0.0474. The first-order chi connectivity index (χ1) is 23.4. The third kappa shape index (κ3) is 9.93. The van der Waals surface area contributed by atoms with Gasteiger partial charge in [-0.2, -0.15) is 0 Å². The Kier molecular flexibility index (Phi) is 11.8. The minimum atomic E-state index is -1.27. The van der Waals surface area contributed by atoms with Crippen LogP contribution in [-0.2, 0) is 20.8 Å². The molecule has 11 heteroatoms. The molecule has 3 aromatic rings. The van der Waals surface area contributed by atoms with Crippen LogP contribution in [0.15, 0.2) is 66.7 Å². The molecule has 2 heterocycles. The second kappa shape index (κ2) is 16.0. The largest absolute Gasteiger partial charge is 0.390 e. The fourth-order valence-electron chi connectivity index (χ4n) is 7.16. The fraction of sp³-hybridized carbons (Fsp3) is 0.500. The summed E-state index contributed by atoms with van der Waals surface area (Å²) in [7, 11) is 0. The van der Waals surface area contributed by atoms with Gasteiger partial charge in [0.25, 0.3) is 5.91 Å². The molecule has 2 aliphatic rings. The molecule has 5 rings (SSSR count). The van der Waals surface area contributed by atoms with Gasteiger partial charge in [-0.25, -0.2) is 4.98 Å². The second-order valence-corrected chi connectivity index (χ2v) is 14.7. The highest BCUT2D eigenvalue weighted by Crippen LogP contribution is 2.39. The van der Waals surface area contributed by atoms with Crippen molar-refractivity contribution in [2.24, 2.45) is 17.6 Å². The van der Waals surface area contributed by atoms with Gasteiger partial charge < -0.3 is 21.5 Å². The number of rotatable bonds is 11. The van der Waals surface area contributed by atoms with Crippen molar-refractivity contribution in [1.82, 2.24) is 25.8 Å². The number of amides is 4. The monoisotopic (exact) mass is 670 g/mol. The van der Waals surface area contributed by atoms with Crippen LogP contribution in [0.2, 0.25) is 0 Å². The van der Waals surface area contributed by atoms with E-state index >= 15 is 0 Å². The van der Waals surface area contributed by atoms with Crippen molar-refractivity contribution in [3.05, 3.63) is 78.0 Å². The van der Waals surface area contributed by atoms with Crippen LogP contribution in [0, 0.1) is 11.8 Å². The summed E-state index contributed by atoms with van der Waals surface area (Å²) in [6.07, 6.45) is 4.14. The van der Waals surface area contributed by atoms with Gasteiger partial charge >= 0.3 is 0 Å². The van der Waals surface area contributed by atoms with Gasteiger partial charge in [0, 0.05) is 24.0 Å². The molecule has 1 aliphatic heterocycles. The van der Waals surface area contributed by atoms with Gasteiger partial charge in [0.15, 0.2) is 0 Å². The summed E-state index contributed by atoms with van der Waals surface area (Å²) in [5.74, 6) is -1.14. The van der Waals surface area contributed by atoms with Crippen molar-refractivity contribution in [2.45, 2.75) is 95.5 Å². The first-order valence-electron chi connectivity index (χ1n) is 17.4. The van der Waals surface area contributed by atoms with Crippen LogP contribution in [0.5, 0.6) is 0 Å². The highest BCUT2D eigenvalue weighted by molar-refractivity contribution is 6.05. The summed E-state index contributed by atoms with van der Waals surface area (Å²) in [5.41, 5.74) is 7.38. The van der Waals surface area contributed by atoms with Gasteiger partial charge in [-0.3, -0.25) is 29.4 Å². The molecule has 2 aromatic carbocycles. The number of carbonyl (C=O) groups is 4. The maximum absolute atomic E-state index is 13.5. The molecule has 6 atom stereocenters. The van der Waals surface area contributed by atoms with Gasteiger partial charge in [0.2, 0.25) is 17.7 Å². The number of aliphatic hydroxyl groups excluding tert-OH is 1. The summed E-state index contributed by atoms with van der Waals surface area (Å²) < 4.78 is 0. The molecular weight excluding hydrogens is 620 g/mol. The molecular formula is C38H50N6O5. The number of pyridine rings is 1. The zero-order valence-electron chi connectivity index (χ0n) is 28.7. The van der Waals surface area contributed by atoms with Crippen LogP contribution in [0.1, 0.15) is 75.3 Å². The number of nitrogens with two attached hydrogens (primary N) is 1. The summed E-state index contributed by atoms with van der Waals surface area (Å²) in [4.78, 5) is 58.9. The second-order valence-electron chi connectivity index (χ2n) is 14.7. The number of imide groups is 1. The number of nitrogens with zero attached hydrogens (tertiary/aromatic N) is 2. The van der Waals surface area contributed by atoms with Crippen LogP contribution in [0.3, 0.4) is 0 Å². The number of aromatic nitrogens is 1. The Morgan fingerprint density at radius 1 is 0.959 bits per heavy atom. The lowest BCUT2D eigenvalue weighted by atomic mass is 9.72. The molecule has 262 valence electrons. The molecule has 4 amide bonds. The van der Waals surface area contributed by atoms with E-state index in [0.717, 1.165) is 30.2 Å². The zero-order valence-corrected chi connectivity index (χ0v) is 28.7. The van der Waals surface area contributed by atoms with Crippen LogP contribution >= 0.6 is 0 Å². The molecule has 6 N–H and O–H groups in total. The van der Waals surface area contributed by atoms with E-state index in [1.54, 1.807) is 12.1 Å². The fourth-order valence-corrected chi connectivity index (χ4v) is 7.16. The van der Waals surface area contributed by atoms with Crippen LogP contribution in [0.4, 0.5) is 0 Å². The Morgan fingerprint density at radius 3 is 2.39 bits per heavy atom. The Bertz CT molecular complexity index is 1630. The van der Waals surface area contributed by atoms with Crippen LogP contribution in [-0.4, -0.2) is 81.5 Å². The molecule has 1 saturated heterocycles. The molecule has 0 radical (unpaired) electrons. The predicted molar refractivity (Wildman–Crippen MR) is 188 cm³/mol. The van der Waals surface area contributed by atoms with Crippen LogP contribution < -0.4 is 21.7 Å². The van der Waals surface area contributed by atoms with E-state index in [1.165, 1.54) is 18.9 Å². The van der Waals surface area contributed by atoms with E-state index in [4.69, 9.17) is 5.73 Å². The van der Waals surface area contributed by atoms with Gasteiger partial charge in [-0.05, 0) is 69.6 Å². The van der Waals surface area contributed by atoms with E-state index < -0.39 is 47.9 Å². The van der Waals surface area contributed by atoms with Crippen LogP contribution in [0.25, 0.3) is 10.9 Å². The summed E-state index contributed by atoms with van der Waals surface area (Å²) in [6.45, 7) is 6.77. The van der Waals surface area contributed by atoms with Gasteiger partial charge in [-0.1, -0.05) is 73.9 Å². The van der Waals surface area contributed by atoms with E-state index in [0.29, 0.717) is 30.3 Å². The Balaban J connectivity index is 1.25. The standard InChI is InChI=1S/C38H50N6O5/c1-38(2,3)43-37(49)32-20-26-14-7-8-15-27(26)22-44(32)23-33(45)31(19-24-11-5-4-6-12-24)41-35(47)28(39)21-34(46)42-36(48)30-18-17-25-13-9-10-16-29(25)40-30/h4-6,9-13,16-18,26-28,31-33,45H,7-8,14-15,19-23,39H2,1-3H3,(H,41,47)(H,43,49)(H,42,46,48)/t26-,27+,28-,31-,32-,33+/m0/s1. The Hall–Kier alpha value is -4.19. The number of para-hydroxylation sites is 1. The number of carbonyl (C=O) groups excluding carboxylic acids is 4. The molecule has 49 heavy (non-hydrogen) atoms. The van der Waals surface area contributed by atoms with Gasteiger partial charge in [-0.15, -0.1) is 0 Å². The number of hydrogen-bond donors (Lipinski definition) is 5. The van der Waals surface area contributed by atoms with Crippen molar-refractivity contribution in [3.63, 3.8) is 0 Å². The number of likely N-dealkylation sites (tertiary alicyclic amines) is 1. The van der Waals surface area contributed by atoms with E-state index in [-0.39, 0.29) is 24.2 Å². The van der Waals surface area contributed by atoms with Gasteiger partial charge in [0.05, 0.1) is 36.2 Å². The third-order valence-corrected chi connectivity index (χ3v) is 9.64. The third-order valence-electron chi connectivity index (χ3n) is 9.64. The highest BCUT2D eigenvalue weighted by Gasteiger charge is 2.42. The van der Waals surface area contributed by atoms with Crippen molar-refractivity contribution >= 4 is 34.5 Å². The summed E-state index contributed by atoms with van der Waals surface area (Å²) >= 11 is 0. The summed E-state index contributed by atoms with van der Waals surface area (Å²) in [6, 6.07) is 17.7. The molecule has 0 unspecified atom stereocenters. The molecule has 1 aliphatic carbocycles. The highest BCUT2D eigenvalue weighted by atomic mass is 16.3. The number of hydrogen-bond acceptors (Lipinski definition) is 8.